The molecule has 1 atom stereocenters. The van der Waals surface area contributed by atoms with Crippen LogP contribution in [0.25, 0.3) is 10.9 Å². The number of alkyl halides is 1. The molecule has 0 saturated carbocycles. The van der Waals surface area contributed by atoms with E-state index in [1.807, 2.05) is 41.1 Å². The molecule has 0 aliphatic heterocycles. The highest BCUT2D eigenvalue weighted by atomic mass is 19.1. The highest BCUT2D eigenvalue weighted by molar-refractivity contribution is 5.79. The lowest BCUT2D eigenvalue weighted by molar-refractivity contribution is 0.352. The minimum absolute atomic E-state index is 0.00135. The Morgan fingerprint density at radius 1 is 1.41 bits per heavy atom. The van der Waals surface area contributed by atoms with Crippen LogP contribution in [0.1, 0.15) is 6.42 Å². The zero-order valence-corrected chi connectivity index (χ0v) is 9.44. The number of nitrogens with zero attached hydrogens (tertiary/aromatic N) is 2. The zero-order chi connectivity index (χ0) is 12.3. The SMILES string of the molecule is C=C(C#N)[C@@H](F)CCn1ccc2ccccc21. The standard InChI is InChI=1S/C14H13FN2/c1-11(10-16)13(15)7-9-17-8-6-12-4-2-3-5-14(12)17/h2-6,8,13H,1,7,9H2/t13-/m0/s1. The molecule has 2 nitrogen and oxygen atoms in total. The van der Waals surface area contributed by atoms with Gasteiger partial charge in [0.2, 0.25) is 0 Å². The molecular formula is C14H13FN2. The van der Waals surface area contributed by atoms with Gasteiger partial charge in [0.25, 0.3) is 0 Å². The van der Waals surface area contributed by atoms with E-state index in [0.29, 0.717) is 6.54 Å². The molecule has 1 aromatic heterocycles. The highest BCUT2D eigenvalue weighted by Crippen LogP contribution is 2.17. The second-order valence-corrected chi connectivity index (χ2v) is 3.96. The summed E-state index contributed by atoms with van der Waals surface area (Å²) in [4.78, 5) is 0. The lowest BCUT2D eigenvalue weighted by atomic mass is 10.1. The van der Waals surface area contributed by atoms with Crippen LogP contribution >= 0.6 is 0 Å². The Labute approximate surface area is 99.6 Å². The zero-order valence-electron chi connectivity index (χ0n) is 9.44. The van der Waals surface area contributed by atoms with Crippen LogP contribution in [0, 0.1) is 11.3 Å². The van der Waals surface area contributed by atoms with E-state index in [4.69, 9.17) is 5.26 Å². The van der Waals surface area contributed by atoms with Gasteiger partial charge in [0.15, 0.2) is 0 Å². The van der Waals surface area contributed by atoms with Gasteiger partial charge in [-0.3, -0.25) is 0 Å². The fourth-order valence-corrected chi connectivity index (χ4v) is 1.83. The van der Waals surface area contributed by atoms with Gasteiger partial charge in [0.1, 0.15) is 6.17 Å². The van der Waals surface area contributed by atoms with Crippen LogP contribution in [-0.4, -0.2) is 10.7 Å². The molecule has 2 aromatic rings. The minimum atomic E-state index is -1.25. The first-order valence-corrected chi connectivity index (χ1v) is 5.49. The van der Waals surface area contributed by atoms with Gasteiger partial charge < -0.3 is 4.57 Å². The Bertz CT molecular complexity index is 577. The fourth-order valence-electron chi connectivity index (χ4n) is 1.83. The third-order valence-corrected chi connectivity index (χ3v) is 2.83. The summed E-state index contributed by atoms with van der Waals surface area (Å²) in [7, 11) is 0. The molecule has 0 spiro atoms. The Balaban J connectivity index is 2.10. The molecule has 0 N–H and O–H groups in total. The van der Waals surface area contributed by atoms with Gasteiger partial charge in [0, 0.05) is 24.7 Å². The van der Waals surface area contributed by atoms with Gasteiger partial charge in [-0.15, -0.1) is 0 Å². The Morgan fingerprint density at radius 3 is 2.94 bits per heavy atom. The summed E-state index contributed by atoms with van der Waals surface area (Å²) in [5.74, 6) is 0. The van der Waals surface area contributed by atoms with E-state index in [1.165, 1.54) is 0 Å². The van der Waals surface area contributed by atoms with E-state index in [1.54, 1.807) is 6.07 Å². The second kappa shape index (κ2) is 4.84. The van der Waals surface area contributed by atoms with E-state index < -0.39 is 6.17 Å². The molecule has 0 bridgehead atoms. The molecule has 0 aliphatic rings. The van der Waals surface area contributed by atoms with Crippen molar-refractivity contribution in [2.24, 2.45) is 0 Å². The van der Waals surface area contributed by atoms with Crippen molar-refractivity contribution in [1.29, 1.82) is 5.26 Å². The average Bonchev–Trinajstić information content (AvgIpc) is 2.78. The van der Waals surface area contributed by atoms with Gasteiger partial charge in [-0.2, -0.15) is 5.26 Å². The Kier molecular flexibility index (Phi) is 3.24. The van der Waals surface area contributed by atoms with Crippen LogP contribution < -0.4 is 0 Å². The lowest BCUT2D eigenvalue weighted by Crippen LogP contribution is -2.07. The summed E-state index contributed by atoms with van der Waals surface area (Å²) >= 11 is 0. The van der Waals surface area contributed by atoms with Crippen molar-refractivity contribution >= 4 is 10.9 Å². The van der Waals surface area contributed by atoms with E-state index >= 15 is 0 Å². The number of nitriles is 1. The van der Waals surface area contributed by atoms with Gasteiger partial charge in [-0.25, -0.2) is 4.39 Å². The van der Waals surface area contributed by atoms with Crippen molar-refractivity contribution in [2.45, 2.75) is 19.1 Å². The maximum atomic E-state index is 13.5. The molecule has 86 valence electrons. The number of allylic oxidation sites excluding steroid dienone is 1. The number of aromatic nitrogens is 1. The number of para-hydroxylation sites is 1. The molecule has 1 aromatic carbocycles. The molecule has 1 heterocycles. The van der Waals surface area contributed by atoms with Crippen molar-refractivity contribution in [3.05, 3.63) is 48.7 Å². The summed E-state index contributed by atoms with van der Waals surface area (Å²) in [6.45, 7) is 3.94. The van der Waals surface area contributed by atoms with Crippen LogP contribution in [0.15, 0.2) is 48.7 Å². The summed E-state index contributed by atoms with van der Waals surface area (Å²) in [5, 5.41) is 9.68. The molecule has 3 heteroatoms. The number of hydrogen-bond acceptors (Lipinski definition) is 1. The molecule has 0 radical (unpaired) electrons. The molecule has 0 aliphatic carbocycles. The second-order valence-electron chi connectivity index (χ2n) is 3.96. The predicted octanol–water partition coefficient (Wildman–Crippen LogP) is 3.45. The smallest absolute Gasteiger partial charge is 0.136 e. The Hall–Kier alpha value is -2.08. The van der Waals surface area contributed by atoms with Crippen molar-refractivity contribution < 1.29 is 4.39 Å². The number of rotatable bonds is 4. The van der Waals surface area contributed by atoms with E-state index in [-0.39, 0.29) is 12.0 Å². The minimum Gasteiger partial charge on any atom is -0.347 e. The normalized spacial score (nSPS) is 12.2. The van der Waals surface area contributed by atoms with E-state index in [0.717, 1.165) is 10.9 Å². The first-order valence-electron chi connectivity index (χ1n) is 5.49. The topological polar surface area (TPSA) is 28.7 Å². The maximum absolute atomic E-state index is 13.5. The third-order valence-electron chi connectivity index (χ3n) is 2.83. The summed E-state index contributed by atoms with van der Waals surface area (Å²) in [6, 6.07) is 11.7. The number of fused-ring (bicyclic) bond motifs is 1. The van der Waals surface area contributed by atoms with Gasteiger partial charge in [0.05, 0.1) is 11.6 Å². The lowest BCUT2D eigenvalue weighted by Gasteiger charge is -2.08. The third kappa shape index (κ3) is 2.36. The first kappa shape index (κ1) is 11.4. The van der Waals surface area contributed by atoms with Crippen LogP contribution in [0.5, 0.6) is 0 Å². The van der Waals surface area contributed by atoms with Crippen molar-refractivity contribution in [3.8, 4) is 6.07 Å². The van der Waals surface area contributed by atoms with Gasteiger partial charge in [-0.05, 0) is 17.5 Å². The number of aryl methyl sites for hydroxylation is 1. The van der Waals surface area contributed by atoms with Gasteiger partial charge >= 0.3 is 0 Å². The monoisotopic (exact) mass is 228 g/mol. The molecule has 0 fully saturated rings. The molecule has 0 amide bonds. The maximum Gasteiger partial charge on any atom is 0.136 e. The quantitative estimate of drug-likeness (QED) is 0.737. The van der Waals surface area contributed by atoms with Crippen LogP contribution in [-0.2, 0) is 6.54 Å². The molecule has 0 unspecified atom stereocenters. The van der Waals surface area contributed by atoms with E-state index in [9.17, 15) is 4.39 Å². The van der Waals surface area contributed by atoms with Crippen LogP contribution in [0.4, 0.5) is 4.39 Å². The van der Waals surface area contributed by atoms with Gasteiger partial charge in [-0.1, -0.05) is 24.8 Å². The first-order chi connectivity index (χ1) is 8.22. The molecular weight excluding hydrogens is 215 g/mol. The van der Waals surface area contributed by atoms with Crippen LogP contribution in [0.3, 0.4) is 0 Å². The number of halogens is 1. The van der Waals surface area contributed by atoms with E-state index in [2.05, 4.69) is 6.58 Å². The molecule has 2 rings (SSSR count). The van der Waals surface area contributed by atoms with Crippen molar-refractivity contribution in [2.75, 3.05) is 0 Å². The number of hydrogen-bond donors (Lipinski definition) is 0. The van der Waals surface area contributed by atoms with Crippen LogP contribution in [0.2, 0.25) is 0 Å². The predicted molar refractivity (Wildman–Crippen MR) is 66.2 cm³/mol. The molecule has 0 saturated heterocycles. The fraction of sp³-hybridized carbons (Fsp3) is 0.214. The Morgan fingerprint density at radius 2 is 2.18 bits per heavy atom. The largest absolute Gasteiger partial charge is 0.347 e. The average molecular weight is 228 g/mol. The molecule has 17 heavy (non-hydrogen) atoms. The van der Waals surface area contributed by atoms with Crippen molar-refractivity contribution in [1.82, 2.24) is 4.57 Å². The summed E-state index contributed by atoms with van der Waals surface area (Å²) < 4.78 is 15.4. The highest BCUT2D eigenvalue weighted by Gasteiger charge is 2.10. The summed E-state index contributed by atoms with van der Waals surface area (Å²) in [6.07, 6.45) is 0.971. The summed E-state index contributed by atoms with van der Waals surface area (Å²) in [5.41, 5.74) is 1.09. The van der Waals surface area contributed by atoms with Crippen molar-refractivity contribution in [3.63, 3.8) is 0 Å². The number of benzene rings is 1.